The molecule has 2 amide bonds. The van der Waals surface area contributed by atoms with Crippen molar-refractivity contribution in [2.24, 2.45) is 0 Å². The van der Waals surface area contributed by atoms with Gasteiger partial charge in [0.15, 0.2) is 0 Å². The van der Waals surface area contributed by atoms with Gasteiger partial charge in [0.1, 0.15) is 6.04 Å². The molecule has 1 aliphatic carbocycles. The monoisotopic (exact) mass is 212 g/mol. The Hall–Kier alpha value is -1.26. The van der Waals surface area contributed by atoms with Crippen molar-refractivity contribution in [3.8, 4) is 0 Å². The van der Waals surface area contributed by atoms with Crippen molar-refractivity contribution in [2.45, 2.75) is 44.2 Å². The van der Waals surface area contributed by atoms with Crippen molar-refractivity contribution in [1.82, 2.24) is 10.2 Å². The zero-order chi connectivity index (χ0) is 10.8. The molecule has 1 aliphatic heterocycles. The van der Waals surface area contributed by atoms with Crippen LogP contribution in [0.4, 0.5) is 4.79 Å². The second kappa shape index (κ2) is 4.08. The topological polar surface area (TPSA) is 69.6 Å². The molecular weight excluding hydrogens is 196 g/mol. The first-order chi connectivity index (χ1) is 7.18. The summed E-state index contributed by atoms with van der Waals surface area (Å²) < 4.78 is 0. The lowest BCUT2D eigenvalue weighted by molar-refractivity contribution is -0.145. The summed E-state index contributed by atoms with van der Waals surface area (Å²) in [5, 5.41) is 11.7. The van der Waals surface area contributed by atoms with Gasteiger partial charge in [0.2, 0.25) is 0 Å². The quantitative estimate of drug-likeness (QED) is 0.711. The summed E-state index contributed by atoms with van der Waals surface area (Å²) in [6.45, 7) is 0.565. The summed E-state index contributed by atoms with van der Waals surface area (Å²) in [7, 11) is 0. The third kappa shape index (κ3) is 2.06. The van der Waals surface area contributed by atoms with Gasteiger partial charge in [0, 0.05) is 12.6 Å². The number of carbonyl (C=O) groups excluding carboxylic acids is 1. The van der Waals surface area contributed by atoms with E-state index in [9.17, 15) is 9.59 Å². The first-order valence-corrected chi connectivity index (χ1v) is 5.48. The van der Waals surface area contributed by atoms with Gasteiger partial charge in [-0.3, -0.25) is 0 Å². The summed E-state index contributed by atoms with van der Waals surface area (Å²) >= 11 is 0. The van der Waals surface area contributed by atoms with E-state index < -0.39 is 12.0 Å². The van der Waals surface area contributed by atoms with Gasteiger partial charge in [-0.25, -0.2) is 9.59 Å². The molecule has 1 saturated carbocycles. The predicted molar refractivity (Wildman–Crippen MR) is 53.5 cm³/mol. The van der Waals surface area contributed by atoms with Crippen molar-refractivity contribution in [2.75, 3.05) is 6.54 Å². The number of hydrogen-bond acceptors (Lipinski definition) is 2. The minimum Gasteiger partial charge on any atom is -0.480 e. The third-order valence-corrected chi connectivity index (χ3v) is 3.25. The van der Waals surface area contributed by atoms with Gasteiger partial charge in [-0.15, -0.1) is 0 Å². The number of carbonyl (C=O) groups is 2. The zero-order valence-electron chi connectivity index (χ0n) is 8.61. The number of hydrogen-bond donors (Lipinski definition) is 2. The molecule has 2 rings (SSSR count). The molecule has 1 saturated heterocycles. The van der Waals surface area contributed by atoms with Crippen LogP contribution in [0.15, 0.2) is 0 Å². The van der Waals surface area contributed by atoms with Crippen molar-refractivity contribution in [3.63, 3.8) is 0 Å². The summed E-state index contributed by atoms with van der Waals surface area (Å²) in [6, 6.07) is -0.556. The number of rotatable bonds is 2. The van der Waals surface area contributed by atoms with Gasteiger partial charge in [-0.05, 0) is 19.3 Å². The Morgan fingerprint density at radius 3 is 2.33 bits per heavy atom. The van der Waals surface area contributed by atoms with Crippen molar-refractivity contribution in [1.29, 1.82) is 0 Å². The number of likely N-dealkylation sites (tertiary alicyclic amines) is 1. The van der Waals surface area contributed by atoms with Crippen LogP contribution in [0, 0.1) is 0 Å². The Kier molecular flexibility index (Phi) is 2.79. The molecule has 0 aromatic rings. The lowest BCUT2D eigenvalue weighted by atomic mass is 10.0. The van der Waals surface area contributed by atoms with E-state index >= 15 is 0 Å². The number of urea groups is 1. The van der Waals surface area contributed by atoms with Crippen LogP contribution >= 0.6 is 0 Å². The van der Waals surface area contributed by atoms with E-state index in [4.69, 9.17) is 5.11 Å². The van der Waals surface area contributed by atoms with Gasteiger partial charge in [-0.2, -0.15) is 0 Å². The van der Waals surface area contributed by atoms with Crippen LogP contribution in [0.5, 0.6) is 0 Å². The highest BCUT2D eigenvalue weighted by atomic mass is 16.4. The molecule has 0 aromatic carbocycles. The summed E-state index contributed by atoms with van der Waals surface area (Å²) in [5.41, 5.74) is 0. The first kappa shape index (κ1) is 10.3. The van der Waals surface area contributed by atoms with Gasteiger partial charge < -0.3 is 15.3 Å². The lowest BCUT2D eigenvalue weighted by Crippen LogP contribution is -2.59. The number of aliphatic carboxylic acids is 1. The van der Waals surface area contributed by atoms with Gasteiger partial charge in [-0.1, -0.05) is 12.8 Å². The number of carboxylic acids is 1. The minimum absolute atomic E-state index is 0.208. The number of nitrogens with one attached hydrogen (secondary N) is 1. The van der Waals surface area contributed by atoms with Crippen LogP contribution in [-0.2, 0) is 4.79 Å². The molecule has 0 radical (unpaired) electrons. The van der Waals surface area contributed by atoms with Crippen molar-refractivity contribution in [3.05, 3.63) is 0 Å². The van der Waals surface area contributed by atoms with Crippen LogP contribution in [0.2, 0.25) is 0 Å². The molecule has 1 unspecified atom stereocenters. The van der Waals surface area contributed by atoms with Crippen LogP contribution in [0.25, 0.3) is 0 Å². The Bertz CT molecular complexity index is 274. The first-order valence-electron chi connectivity index (χ1n) is 5.48. The van der Waals surface area contributed by atoms with Crippen LogP contribution in [-0.4, -0.2) is 40.6 Å². The Labute approximate surface area is 88.4 Å². The summed E-state index contributed by atoms with van der Waals surface area (Å²) in [4.78, 5) is 23.8. The van der Waals surface area contributed by atoms with E-state index in [2.05, 4.69) is 5.32 Å². The van der Waals surface area contributed by atoms with E-state index in [1.54, 1.807) is 0 Å². The largest absolute Gasteiger partial charge is 0.480 e. The fourth-order valence-corrected chi connectivity index (χ4v) is 2.21. The van der Waals surface area contributed by atoms with E-state index in [0.29, 0.717) is 13.0 Å². The molecule has 0 spiro atoms. The van der Waals surface area contributed by atoms with Gasteiger partial charge in [0.25, 0.3) is 0 Å². The Morgan fingerprint density at radius 1 is 1.20 bits per heavy atom. The average molecular weight is 212 g/mol. The number of carboxylic acid groups (broad SMARTS) is 1. The minimum atomic E-state index is -0.900. The Balaban J connectivity index is 1.82. The predicted octanol–water partition coefficient (Wildman–Crippen LogP) is 0.797. The fourth-order valence-electron chi connectivity index (χ4n) is 2.21. The Morgan fingerprint density at radius 2 is 1.87 bits per heavy atom. The fraction of sp³-hybridized carbons (Fsp3) is 0.800. The molecular formula is C10H16N2O3. The highest BCUT2D eigenvalue weighted by Gasteiger charge is 2.38. The molecule has 1 heterocycles. The molecule has 1 atom stereocenters. The van der Waals surface area contributed by atoms with Gasteiger partial charge >= 0.3 is 12.0 Å². The molecule has 84 valence electrons. The van der Waals surface area contributed by atoms with Gasteiger partial charge in [0.05, 0.1) is 0 Å². The SMILES string of the molecule is O=C(O)C1CCN1C(=O)NC1CCCC1. The molecule has 0 aromatic heterocycles. The van der Waals surface area contributed by atoms with Crippen LogP contribution < -0.4 is 5.32 Å². The molecule has 2 aliphatic rings. The molecule has 2 N–H and O–H groups in total. The zero-order valence-corrected chi connectivity index (χ0v) is 8.61. The standard InChI is InChI=1S/C10H16N2O3/c13-9(14)8-5-6-12(8)10(15)11-7-3-1-2-4-7/h7-8H,1-6H2,(H,11,15)(H,13,14). The van der Waals surface area contributed by atoms with E-state index in [1.165, 1.54) is 4.90 Å². The number of nitrogens with zero attached hydrogens (tertiary/aromatic N) is 1. The maximum Gasteiger partial charge on any atom is 0.326 e. The second-order valence-corrected chi connectivity index (χ2v) is 4.27. The van der Waals surface area contributed by atoms with E-state index in [1.807, 2.05) is 0 Å². The van der Waals surface area contributed by atoms with Crippen molar-refractivity contribution >= 4 is 12.0 Å². The number of amides is 2. The van der Waals surface area contributed by atoms with Crippen LogP contribution in [0.3, 0.4) is 0 Å². The lowest BCUT2D eigenvalue weighted by Gasteiger charge is -2.38. The van der Waals surface area contributed by atoms with E-state index in [-0.39, 0.29) is 12.1 Å². The summed E-state index contributed by atoms with van der Waals surface area (Å²) in [6.07, 6.45) is 4.95. The van der Waals surface area contributed by atoms with Crippen molar-refractivity contribution < 1.29 is 14.7 Å². The summed E-state index contributed by atoms with van der Waals surface area (Å²) in [5.74, 6) is -0.900. The second-order valence-electron chi connectivity index (χ2n) is 4.27. The molecule has 5 nitrogen and oxygen atoms in total. The highest BCUT2D eigenvalue weighted by molar-refractivity contribution is 5.84. The highest BCUT2D eigenvalue weighted by Crippen LogP contribution is 2.21. The smallest absolute Gasteiger partial charge is 0.326 e. The molecule has 2 fully saturated rings. The molecule has 15 heavy (non-hydrogen) atoms. The maximum absolute atomic E-state index is 11.6. The third-order valence-electron chi connectivity index (χ3n) is 3.25. The maximum atomic E-state index is 11.6. The van der Waals surface area contributed by atoms with Crippen LogP contribution in [0.1, 0.15) is 32.1 Å². The normalized spacial score (nSPS) is 26.1. The molecule has 0 bridgehead atoms. The molecule has 5 heteroatoms. The average Bonchev–Trinajstić information content (AvgIpc) is 2.52. The van der Waals surface area contributed by atoms with E-state index in [0.717, 1.165) is 25.7 Å².